The van der Waals surface area contributed by atoms with Gasteiger partial charge in [0.1, 0.15) is 54.2 Å². The molecule has 200 valence electrons. The van der Waals surface area contributed by atoms with Crippen LogP contribution < -0.4 is 15.3 Å². The summed E-state index contributed by atoms with van der Waals surface area (Å²) in [6.07, 6.45) is -3.46. The summed E-state index contributed by atoms with van der Waals surface area (Å²) in [6.45, 7) is -0.767. The Morgan fingerprint density at radius 3 is 2.73 bits per heavy atom. The summed E-state index contributed by atoms with van der Waals surface area (Å²) in [5, 5.41) is 28.1. The maximum Gasteiger partial charge on any atom is 0.459 e. The number of esters is 1. The van der Waals surface area contributed by atoms with E-state index in [1.54, 1.807) is 30.3 Å². The number of hydrogen-bond acceptors (Lipinski definition) is 11. The van der Waals surface area contributed by atoms with Crippen LogP contribution >= 0.6 is 7.75 Å². The number of nitrogens with two attached hydrogens (primary N) is 1. The summed E-state index contributed by atoms with van der Waals surface area (Å²) in [4.78, 5) is 15.8. The number of aromatic nitrogens is 3. The first-order valence-corrected chi connectivity index (χ1v) is 12.7. The van der Waals surface area contributed by atoms with Crippen LogP contribution in [0.4, 0.5) is 10.2 Å². The molecule has 1 aliphatic heterocycles. The number of nitrogens with one attached hydrogen (secondary N) is 1. The fourth-order valence-electron chi connectivity index (χ4n) is 3.93. The predicted molar refractivity (Wildman–Crippen MR) is 127 cm³/mol. The maximum atomic E-state index is 14.5. The van der Waals surface area contributed by atoms with Crippen molar-refractivity contribution in [1.29, 1.82) is 0 Å². The standard InChI is InChI=1S/C22H27FN5O8P/c1-13(21(31)33-2)27-37(32,36-14-6-4-3-5-7-14)34-11-22(10-23)19(30)17(29)18(35-22)15-8-9-16-20(24)25-12-26-28(15)16/h3-9,12-13,17-19,29-30H,10-11H2,1-2H3,(H,27,32)(H2,24,25,26)/t13-,17-,18-,19-,22+,37?/m0/s1. The zero-order valence-electron chi connectivity index (χ0n) is 19.9. The fourth-order valence-corrected chi connectivity index (χ4v) is 5.48. The van der Waals surface area contributed by atoms with E-state index in [2.05, 4.69) is 19.9 Å². The normalized spacial score (nSPS) is 26.0. The van der Waals surface area contributed by atoms with Gasteiger partial charge in [-0.15, -0.1) is 0 Å². The third kappa shape index (κ3) is 5.30. The Labute approximate surface area is 210 Å². The van der Waals surface area contributed by atoms with Crippen LogP contribution in [0, 0.1) is 0 Å². The van der Waals surface area contributed by atoms with Gasteiger partial charge in [0.2, 0.25) is 0 Å². The van der Waals surface area contributed by atoms with Gasteiger partial charge in [-0.2, -0.15) is 10.2 Å². The summed E-state index contributed by atoms with van der Waals surface area (Å²) in [5.41, 5.74) is 4.40. The molecule has 0 saturated carbocycles. The van der Waals surface area contributed by atoms with Crippen molar-refractivity contribution >= 4 is 25.1 Å². The number of anilines is 1. The number of rotatable bonds is 10. The lowest BCUT2D eigenvalue weighted by Crippen LogP contribution is -2.49. The van der Waals surface area contributed by atoms with E-state index in [1.807, 2.05) is 0 Å². The SMILES string of the molecule is COC(=O)[C@H](C)NP(=O)(OC[C@@]1(CF)O[C@@H](c2ccc3c(N)ncnn23)[C@H](O)[C@@H]1O)Oc1ccccc1. The molecule has 1 aliphatic rings. The van der Waals surface area contributed by atoms with Gasteiger partial charge in [-0.1, -0.05) is 18.2 Å². The Morgan fingerprint density at radius 1 is 1.32 bits per heavy atom. The van der Waals surface area contributed by atoms with Crippen LogP contribution in [0.1, 0.15) is 18.7 Å². The molecular formula is C22H27FN5O8P. The number of aliphatic hydroxyl groups excluding tert-OH is 2. The quantitative estimate of drug-likeness (QED) is 0.214. The van der Waals surface area contributed by atoms with E-state index in [9.17, 15) is 24.0 Å². The second-order valence-corrected chi connectivity index (χ2v) is 10.1. The van der Waals surface area contributed by atoms with Crippen LogP contribution in [-0.4, -0.2) is 75.0 Å². The number of fused-ring (bicyclic) bond motifs is 1. The van der Waals surface area contributed by atoms with E-state index >= 15 is 0 Å². The van der Waals surface area contributed by atoms with Gasteiger partial charge < -0.3 is 29.9 Å². The lowest BCUT2D eigenvalue weighted by molar-refractivity contribution is -0.142. The number of nitrogens with zero attached hydrogens (tertiary/aromatic N) is 3. The highest BCUT2D eigenvalue weighted by Gasteiger charge is 2.57. The highest BCUT2D eigenvalue weighted by Crippen LogP contribution is 2.48. The lowest BCUT2D eigenvalue weighted by atomic mass is 9.96. The Morgan fingerprint density at radius 2 is 2.05 bits per heavy atom. The van der Waals surface area contributed by atoms with E-state index in [0.29, 0.717) is 5.52 Å². The van der Waals surface area contributed by atoms with Crippen LogP contribution in [0.15, 0.2) is 48.8 Å². The van der Waals surface area contributed by atoms with Gasteiger partial charge >= 0.3 is 13.7 Å². The van der Waals surface area contributed by atoms with Crippen LogP contribution in [0.5, 0.6) is 5.75 Å². The zero-order chi connectivity index (χ0) is 26.8. The molecule has 1 saturated heterocycles. The first-order valence-electron chi connectivity index (χ1n) is 11.2. The van der Waals surface area contributed by atoms with Gasteiger partial charge in [0.15, 0.2) is 5.82 Å². The molecule has 1 fully saturated rings. The Bertz CT molecular complexity index is 1300. The third-order valence-corrected chi connectivity index (χ3v) is 7.54. The highest BCUT2D eigenvalue weighted by molar-refractivity contribution is 7.52. The molecule has 5 N–H and O–H groups in total. The molecule has 4 rings (SSSR count). The van der Waals surface area contributed by atoms with Crippen molar-refractivity contribution in [3.63, 3.8) is 0 Å². The van der Waals surface area contributed by atoms with Crippen LogP contribution in [-0.2, 0) is 23.4 Å². The molecule has 0 spiro atoms. The van der Waals surface area contributed by atoms with Crippen molar-refractivity contribution in [1.82, 2.24) is 19.7 Å². The van der Waals surface area contributed by atoms with E-state index in [1.165, 1.54) is 29.9 Å². The number of ether oxygens (including phenoxy) is 2. The molecule has 6 atom stereocenters. The van der Waals surface area contributed by atoms with Gasteiger partial charge in [-0.3, -0.25) is 9.32 Å². The Hall–Kier alpha value is -3.13. The number of benzene rings is 1. The van der Waals surface area contributed by atoms with Crippen molar-refractivity contribution in [2.45, 2.75) is 36.9 Å². The number of methoxy groups -OCH3 is 1. The molecule has 2 aromatic heterocycles. The molecule has 15 heteroatoms. The minimum absolute atomic E-state index is 0.132. The third-order valence-electron chi connectivity index (χ3n) is 5.92. The molecule has 3 aromatic rings. The number of para-hydroxylation sites is 1. The monoisotopic (exact) mass is 539 g/mol. The summed E-state index contributed by atoms with van der Waals surface area (Å²) < 4.78 is 50.9. The van der Waals surface area contributed by atoms with Crippen molar-refractivity contribution in [2.24, 2.45) is 0 Å². The predicted octanol–water partition coefficient (Wildman–Crippen LogP) is 1.17. The number of hydrogen-bond donors (Lipinski definition) is 4. The first kappa shape index (κ1) is 26.9. The molecule has 3 heterocycles. The number of alkyl halides is 1. The van der Waals surface area contributed by atoms with Gasteiger partial charge in [0.05, 0.1) is 19.4 Å². The van der Waals surface area contributed by atoms with E-state index in [-0.39, 0.29) is 17.3 Å². The van der Waals surface area contributed by atoms with Gasteiger partial charge in [-0.25, -0.2) is 18.5 Å². The van der Waals surface area contributed by atoms with Crippen LogP contribution in [0.3, 0.4) is 0 Å². The molecular weight excluding hydrogens is 512 g/mol. The van der Waals surface area contributed by atoms with Gasteiger partial charge in [-0.05, 0) is 31.2 Å². The van der Waals surface area contributed by atoms with Crippen molar-refractivity contribution in [3.05, 3.63) is 54.5 Å². The second kappa shape index (κ2) is 10.7. The Kier molecular flexibility index (Phi) is 7.78. The summed E-state index contributed by atoms with van der Waals surface area (Å²) in [5.74, 6) is -0.457. The van der Waals surface area contributed by atoms with Gasteiger partial charge in [0.25, 0.3) is 0 Å². The molecule has 1 unspecified atom stereocenters. The molecule has 0 bridgehead atoms. The van der Waals surface area contributed by atoms with Crippen molar-refractivity contribution < 1.29 is 42.5 Å². The minimum Gasteiger partial charge on any atom is -0.468 e. The highest BCUT2D eigenvalue weighted by atomic mass is 31.2. The lowest BCUT2D eigenvalue weighted by Gasteiger charge is -2.31. The largest absolute Gasteiger partial charge is 0.468 e. The Balaban J connectivity index is 1.60. The molecule has 0 amide bonds. The molecule has 0 radical (unpaired) electrons. The average Bonchev–Trinajstić information content (AvgIpc) is 3.43. The molecule has 37 heavy (non-hydrogen) atoms. The number of carbonyl (C=O) groups is 1. The van der Waals surface area contributed by atoms with E-state index < -0.39 is 57.0 Å². The smallest absolute Gasteiger partial charge is 0.459 e. The second-order valence-electron chi connectivity index (χ2n) is 8.42. The summed E-state index contributed by atoms with van der Waals surface area (Å²) in [6, 6.07) is 9.93. The topological polar surface area (TPSA) is 180 Å². The van der Waals surface area contributed by atoms with Gasteiger partial charge in [0, 0.05) is 0 Å². The van der Waals surface area contributed by atoms with Crippen molar-refractivity contribution in [2.75, 3.05) is 26.1 Å². The van der Waals surface area contributed by atoms with Crippen molar-refractivity contribution in [3.8, 4) is 5.75 Å². The molecule has 13 nitrogen and oxygen atoms in total. The average molecular weight is 539 g/mol. The van der Waals surface area contributed by atoms with Crippen LogP contribution in [0.2, 0.25) is 0 Å². The van der Waals surface area contributed by atoms with Crippen LogP contribution in [0.25, 0.3) is 5.52 Å². The summed E-state index contributed by atoms with van der Waals surface area (Å²) in [7, 11) is -3.23. The van der Waals surface area contributed by atoms with E-state index in [0.717, 1.165) is 7.11 Å². The minimum atomic E-state index is -4.38. The molecule has 0 aliphatic carbocycles. The number of nitrogen functional groups attached to an aromatic ring is 1. The first-order chi connectivity index (χ1) is 17.6. The van der Waals surface area contributed by atoms with E-state index in [4.69, 9.17) is 19.5 Å². The fraction of sp³-hybridized carbons (Fsp3) is 0.409. The maximum absolute atomic E-state index is 14.5. The number of halogens is 1. The summed E-state index contributed by atoms with van der Waals surface area (Å²) >= 11 is 0. The molecule has 1 aromatic carbocycles. The number of carbonyl (C=O) groups excluding carboxylic acids is 1. The number of aliphatic hydroxyl groups is 2. The zero-order valence-corrected chi connectivity index (χ0v) is 20.8.